The highest BCUT2D eigenvalue weighted by atomic mass is 15.3. The molecule has 0 aliphatic heterocycles. The highest BCUT2D eigenvalue weighted by Gasteiger charge is 2.09. The van der Waals surface area contributed by atoms with E-state index in [-0.39, 0.29) is 0 Å². The lowest BCUT2D eigenvalue weighted by Gasteiger charge is -2.04. The Morgan fingerprint density at radius 3 is 3.10 bits per heavy atom. The number of pyridine rings is 2. The molecule has 6 heteroatoms. The minimum Gasteiger partial charge on any atom is -0.289 e. The SMILES string of the molecule is Cc1ccnc2c1cnn2Cc1cccn2cnnc12. The summed E-state index contributed by atoms with van der Waals surface area (Å²) in [4.78, 5) is 4.42. The Labute approximate surface area is 114 Å². The van der Waals surface area contributed by atoms with Gasteiger partial charge in [-0.05, 0) is 24.6 Å². The molecule has 0 spiro atoms. The molecule has 0 N–H and O–H groups in total. The maximum atomic E-state index is 4.44. The van der Waals surface area contributed by atoms with Crippen molar-refractivity contribution in [1.82, 2.24) is 29.4 Å². The lowest BCUT2D eigenvalue weighted by Crippen LogP contribution is -2.04. The fourth-order valence-corrected chi connectivity index (χ4v) is 2.41. The minimum atomic E-state index is 0.628. The van der Waals surface area contributed by atoms with E-state index in [9.17, 15) is 0 Å². The molecule has 4 rings (SSSR count). The van der Waals surface area contributed by atoms with Crippen molar-refractivity contribution >= 4 is 16.7 Å². The number of hydrogen-bond donors (Lipinski definition) is 0. The van der Waals surface area contributed by atoms with Gasteiger partial charge in [0.1, 0.15) is 6.33 Å². The van der Waals surface area contributed by atoms with Crippen LogP contribution in [0.15, 0.2) is 43.1 Å². The van der Waals surface area contributed by atoms with Crippen LogP contribution in [0, 0.1) is 6.92 Å². The van der Waals surface area contributed by atoms with Crippen LogP contribution in [0.25, 0.3) is 16.7 Å². The van der Waals surface area contributed by atoms with Gasteiger partial charge in [-0.15, -0.1) is 10.2 Å². The van der Waals surface area contributed by atoms with Gasteiger partial charge < -0.3 is 0 Å². The summed E-state index contributed by atoms with van der Waals surface area (Å²) in [7, 11) is 0. The maximum Gasteiger partial charge on any atom is 0.165 e. The van der Waals surface area contributed by atoms with Gasteiger partial charge in [-0.25, -0.2) is 9.67 Å². The van der Waals surface area contributed by atoms with Gasteiger partial charge in [-0.1, -0.05) is 6.07 Å². The standard InChI is InChI=1S/C14H12N6/c1-10-4-5-15-14-12(10)7-17-20(14)8-11-3-2-6-19-9-16-18-13(11)19/h2-7,9H,8H2,1H3. The van der Waals surface area contributed by atoms with Crippen LogP contribution in [0.5, 0.6) is 0 Å². The summed E-state index contributed by atoms with van der Waals surface area (Å²) in [6.07, 6.45) is 7.31. The average Bonchev–Trinajstić information content (AvgIpc) is 3.07. The van der Waals surface area contributed by atoms with E-state index in [2.05, 4.69) is 27.2 Å². The fraction of sp³-hybridized carbons (Fsp3) is 0.143. The largest absolute Gasteiger partial charge is 0.289 e. The molecule has 0 amide bonds. The molecule has 20 heavy (non-hydrogen) atoms. The second-order valence-electron chi connectivity index (χ2n) is 4.76. The first kappa shape index (κ1) is 11.1. The van der Waals surface area contributed by atoms with Crippen molar-refractivity contribution in [3.8, 4) is 0 Å². The number of fused-ring (bicyclic) bond motifs is 2. The third-order valence-electron chi connectivity index (χ3n) is 3.48. The maximum absolute atomic E-state index is 4.44. The number of aromatic nitrogens is 6. The van der Waals surface area contributed by atoms with Crippen molar-refractivity contribution in [3.63, 3.8) is 0 Å². The number of rotatable bonds is 2. The molecule has 4 aromatic rings. The first-order valence-electron chi connectivity index (χ1n) is 6.37. The third kappa shape index (κ3) is 1.58. The normalized spacial score (nSPS) is 11.4. The number of aryl methyl sites for hydroxylation is 1. The average molecular weight is 264 g/mol. The second-order valence-corrected chi connectivity index (χ2v) is 4.76. The van der Waals surface area contributed by atoms with Crippen molar-refractivity contribution < 1.29 is 0 Å². The van der Waals surface area contributed by atoms with E-state index in [1.165, 1.54) is 5.56 Å². The Balaban J connectivity index is 1.85. The second kappa shape index (κ2) is 4.12. The molecule has 98 valence electrons. The molecule has 0 aliphatic carbocycles. The zero-order valence-electron chi connectivity index (χ0n) is 10.9. The van der Waals surface area contributed by atoms with Crippen LogP contribution in [-0.2, 0) is 6.54 Å². The van der Waals surface area contributed by atoms with E-state index in [0.29, 0.717) is 6.54 Å². The summed E-state index contributed by atoms with van der Waals surface area (Å²) < 4.78 is 3.80. The molecule has 0 atom stereocenters. The van der Waals surface area contributed by atoms with Crippen molar-refractivity contribution in [2.24, 2.45) is 0 Å². The van der Waals surface area contributed by atoms with Crippen molar-refractivity contribution in [1.29, 1.82) is 0 Å². The van der Waals surface area contributed by atoms with Gasteiger partial charge in [-0.2, -0.15) is 5.10 Å². The van der Waals surface area contributed by atoms with Gasteiger partial charge in [0.15, 0.2) is 11.3 Å². The molecular formula is C14H12N6. The lowest BCUT2D eigenvalue weighted by atomic mass is 10.2. The van der Waals surface area contributed by atoms with Crippen LogP contribution in [0.3, 0.4) is 0 Å². The topological polar surface area (TPSA) is 60.9 Å². The molecule has 0 radical (unpaired) electrons. The molecule has 0 fully saturated rings. The molecule has 0 aromatic carbocycles. The third-order valence-corrected chi connectivity index (χ3v) is 3.48. The van der Waals surface area contributed by atoms with E-state index in [0.717, 1.165) is 22.2 Å². The van der Waals surface area contributed by atoms with Crippen LogP contribution in [0.4, 0.5) is 0 Å². The van der Waals surface area contributed by atoms with E-state index in [4.69, 9.17) is 0 Å². The van der Waals surface area contributed by atoms with E-state index in [1.807, 2.05) is 45.9 Å². The summed E-state index contributed by atoms with van der Waals surface area (Å²) in [6.45, 7) is 2.69. The van der Waals surface area contributed by atoms with Gasteiger partial charge in [0.2, 0.25) is 0 Å². The van der Waals surface area contributed by atoms with Gasteiger partial charge in [-0.3, -0.25) is 4.40 Å². The summed E-state index contributed by atoms with van der Waals surface area (Å²) >= 11 is 0. The minimum absolute atomic E-state index is 0.628. The summed E-state index contributed by atoms with van der Waals surface area (Å²) in [6, 6.07) is 6.01. The summed E-state index contributed by atoms with van der Waals surface area (Å²) in [5.74, 6) is 0. The Bertz CT molecular complexity index is 904. The monoisotopic (exact) mass is 264 g/mol. The molecule has 6 nitrogen and oxygen atoms in total. The van der Waals surface area contributed by atoms with Crippen LogP contribution in [-0.4, -0.2) is 29.4 Å². The molecular weight excluding hydrogens is 252 g/mol. The van der Waals surface area contributed by atoms with E-state index < -0.39 is 0 Å². The van der Waals surface area contributed by atoms with Crippen molar-refractivity contribution in [2.45, 2.75) is 13.5 Å². The Hall–Kier alpha value is -2.76. The van der Waals surface area contributed by atoms with Gasteiger partial charge in [0.05, 0.1) is 12.7 Å². The Kier molecular flexibility index (Phi) is 2.29. The van der Waals surface area contributed by atoms with E-state index in [1.54, 1.807) is 6.33 Å². The van der Waals surface area contributed by atoms with Gasteiger partial charge >= 0.3 is 0 Å². The zero-order valence-corrected chi connectivity index (χ0v) is 10.9. The first-order chi connectivity index (χ1) is 9.83. The lowest BCUT2D eigenvalue weighted by molar-refractivity contribution is 0.704. The van der Waals surface area contributed by atoms with Crippen LogP contribution >= 0.6 is 0 Å². The molecule has 4 heterocycles. The highest BCUT2D eigenvalue weighted by Crippen LogP contribution is 2.17. The smallest absolute Gasteiger partial charge is 0.165 e. The molecule has 0 unspecified atom stereocenters. The zero-order chi connectivity index (χ0) is 13.5. The highest BCUT2D eigenvalue weighted by molar-refractivity contribution is 5.78. The quantitative estimate of drug-likeness (QED) is 0.554. The fourth-order valence-electron chi connectivity index (χ4n) is 2.41. The van der Waals surface area contributed by atoms with E-state index >= 15 is 0 Å². The first-order valence-corrected chi connectivity index (χ1v) is 6.37. The van der Waals surface area contributed by atoms with Gasteiger partial charge in [0, 0.05) is 23.3 Å². The number of hydrogen-bond acceptors (Lipinski definition) is 4. The van der Waals surface area contributed by atoms with Crippen molar-refractivity contribution in [3.05, 3.63) is 54.2 Å². The van der Waals surface area contributed by atoms with Crippen molar-refractivity contribution in [2.75, 3.05) is 0 Å². The molecule has 0 saturated carbocycles. The van der Waals surface area contributed by atoms with Crippen LogP contribution in [0.1, 0.15) is 11.1 Å². The number of nitrogens with zero attached hydrogens (tertiary/aromatic N) is 6. The predicted octanol–water partition coefficient (Wildman–Crippen LogP) is 1.83. The Morgan fingerprint density at radius 2 is 2.15 bits per heavy atom. The molecule has 4 aromatic heterocycles. The predicted molar refractivity (Wildman–Crippen MR) is 74.4 cm³/mol. The summed E-state index contributed by atoms with van der Waals surface area (Å²) in [5, 5.41) is 13.6. The molecule has 0 bridgehead atoms. The van der Waals surface area contributed by atoms with Crippen LogP contribution < -0.4 is 0 Å². The van der Waals surface area contributed by atoms with Crippen LogP contribution in [0.2, 0.25) is 0 Å². The summed E-state index contributed by atoms with van der Waals surface area (Å²) in [5.41, 5.74) is 4.00. The van der Waals surface area contributed by atoms with Gasteiger partial charge in [0.25, 0.3) is 0 Å². The Morgan fingerprint density at radius 1 is 1.20 bits per heavy atom. The molecule has 0 saturated heterocycles. The molecule has 0 aliphatic rings.